The molecule has 0 saturated heterocycles. The first-order valence-electron chi connectivity index (χ1n) is 7.95. The summed E-state index contributed by atoms with van der Waals surface area (Å²) < 4.78 is 11.3. The molecule has 0 radical (unpaired) electrons. The molecular formula is C17H30N2O3. The van der Waals surface area contributed by atoms with Crippen molar-refractivity contribution < 1.29 is 14.3 Å². The van der Waals surface area contributed by atoms with Crippen LogP contribution < -0.4 is 5.32 Å². The van der Waals surface area contributed by atoms with Gasteiger partial charge in [0, 0.05) is 19.1 Å². The van der Waals surface area contributed by atoms with E-state index in [0.717, 1.165) is 6.42 Å². The zero-order valence-electron chi connectivity index (χ0n) is 14.5. The first kappa shape index (κ1) is 18.7. The number of rotatable bonds is 7. The van der Waals surface area contributed by atoms with E-state index in [2.05, 4.69) is 17.5 Å². The summed E-state index contributed by atoms with van der Waals surface area (Å²) in [4.78, 5) is 13.9. The molecule has 2 atom stereocenters. The Balaban J connectivity index is 2.46. The third kappa shape index (κ3) is 7.09. The lowest BCUT2D eigenvalue weighted by molar-refractivity contribution is 0.0182. The molecule has 0 fully saturated rings. The first-order valence-corrected chi connectivity index (χ1v) is 7.95. The van der Waals surface area contributed by atoms with Gasteiger partial charge in [-0.3, -0.25) is 0 Å². The minimum atomic E-state index is -0.477. The van der Waals surface area contributed by atoms with E-state index in [1.54, 1.807) is 4.90 Å². The van der Waals surface area contributed by atoms with E-state index in [9.17, 15) is 4.79 Å². The summed E-state index contributed by atoms with van der Waals surface area (Å²) >= 11 is 0. The highest BCUT2D eigenvalue weighted by molar-refractivity contribution is 5.68. The average molecular weight is 310 g/mol. The lowest BCUT2D eigenvalue weighted by Crippen LogP contribution is -2.46. The van der Waals surface area contributed by atoms with Crippen LogP contribution in [0.2, 0.25) is 0 Å². The molecule has 5 nitrogen and oxygen atoms in total. The molecule has 22 heavy (non-hydrogen) atoms. The van der Waals surface area contributed by atoms with Gasteiger partial charge in [0.1, 0.15) is 5.60 Å². The fraction of sp³-hybridized carbons (Fsp3) is 0.706. The van der Waals surface area contributed by atoms with Crippen LogP contribution in [0.4, 0.5) is 4.79 Å². The van der Waals surface area contributed by atoms with Gasteiger partial charge >= 0.3 is 6.09 Å². The molecule has 0 bridgehead atoms. The molecule has 1 unspecified atom stereocenters. The second-order valence-corrected chi connectivity index (χ2v) is 6.43. The quantitative estimate of drug-likeness (QED) is 0.785. The Kier molecular flexibility index (Phi) is 7.62. The van der Waals surface area contributed by atoms with Crippen LogP contribution in [-0.4, -0.2) is 55.5 Å². The molecule has 1 rings (SSSR count). The van der Waals surface area contributed by atoms with Gasteiger partial charge in [-0.25, -0.2) is 4.79 Å². The molecular weight excluding hydrogens is 280 g/mol. The summed E-state index contributed by atoms with van der Waals surface area (Å²) in [6, 6.07) is 0.0757. The van der Waals surface area contributed by atoms with Crippen molar-refractivity contribution in [2.45, 2.75) is 51.9 Å². The Morgan fingerprint density at radius 3 is 2.64 bits per heavy atom. The third-order valence-electron chi connectivity index (χ3n) is 3.34. The molecule has 0 heterocycles. The summed E-state index contributed by atoms with van der Waals surface area (Å²) in [6.45, 7) is 9.30. The van der Waals surface area contributed by atoms with Crippen molar-refractivity contribution in [3.63, 3.8) is 0 Å². The number of hydrogen-bond acceptors (Lipinski definition) is 4. The maximum atomic E-state index is 12.2. The van der Waals surface area contributed by atoms with Crippen LogP contribution in [0.25, 0.3) is 0 Å². The molecule has 1 aliphatic rings. The Labute approximate surface area is 134 Å². The number of allylic oxidation sites excluding steroid dienone is 2. The molecule has 1 amide bonds. The minimum Gasteiger partial charge on any atom is -0.444 e. The number of amides is 1. The number of carbonyl (C=O) groups excluding carboxylic acids is 1. The molecule has 0 aromatic rings. The van der Waals surface area contributed by atoms with Crippen LogP contribution in [0.15, 0.2) is 24.3 Å². The monoisotopic (exact) mass is 310 g/mol. The van der Waals surface area contributed by atoms with Crippen molar-refractivity contribution >= 4 is 6.09 Å². The molecule has 0 aromatic heterocycles. The lowest BCUT2D eigenvalue weighted by Gasteiger charge is -2.30. The first-order chi connectivity index (χ1) is 10.4. The molecule has 0 spiro atoms. The number of likely N-dealkylation sites (N-methyl/N-ethyl adjacent to an activating group) is 2. The SMILES string of the molecule is CCN(C[C@@H](COC1C=CC=CC1)NC)C(=O)OC(C)(C)C. The average Bonchev–Trinajstić information content (AvgIpc) is 2.46. The van der Waals surface area contributed by atoms with E-state index >= 15 is 0 Å². The normalized spacial score (nSPS) is 19.0. The highest BCUT2D eigenvalue weighted by Crippen LogP contribution is 2.11. The van der Waals surface area contributed by atoms with Crippen molar-refractivity contribution in [1.82, 2.24) is 10.2 Å². The number of nitrogens with zero attached hydrogens (tertiary/aromatic N) is 1. The Morgan fingerprint density at radius 1 is 1.41 bits per heavy atom. The van der Waals surface area contributed by atoms with Crippen molar-refractivity contribution in [3.8, 4) is 0 Å². The Hall–Kier alpha value is -1.33. The van der Waals surface area contributed by atoms with Gasteiger partial charge in [0.05, 0.1) is 12.7 Å². The Morgan fingerprint density at radius 2 is 2.14 bits per heavy atom. The van der Waals surface area contributed by atoms with E-state index in [1.807, 2.05) is 46.9 Å². The summed E-state index contributed by atoms with van der Waals surface area (Å²) in [7, 11) is 1.88. The van der Waals surface area contributed by atoms with Gasteiger partial charge in [0.2, 0.25) is 0 Å². The van der Waals surface area contributed by atoms with Gasteiger partial charge in [0.15, 0.2) is 0 Å². The molecule has 126 valence electrons. The van der Waals surface area contributed by atoms with Gasteiger partial charge < -0.3 is 19.7 Å². The predicted octanol–water partition coefficient (Wildman–Crippen LogP) is 2.73. The van der Waals surface area contributed by atoms with E-state index in [1.165, 1.54) is 0 Å². The molecule has 0 aliphatic heterocycles. The van der Waals surface area contributed by atoms with Crippen LogP contribution >= 0.6 is 0 Å². The molecule has 1 N–H and O–H groups in total. The zero-order valence-corrected chi connectivity index (χ0v) is 14.5. The van der Waals surface area contributed by atoms with Crippen molar-refractivity contribution in [1.29, 1.82) is 0 Å². The van der Waals surface area contributed by atoms with Crippen molar-refractivity contribution in [2.24, 2.45) is 0 Å². The predicted molar refractivity (Wildman–Crippen MR) is 89.0 cm³/mol. The van der Waals surface area contributed by atoms with Gasteiger partial charge in [-0.05, 0) is 41.2 Å². The molecule has 1 aliphatic carbocycles. The van der Waals surface area contributed by atoms with Crippen LogP contribution in [0.5, 0.6) is 0 Å². The Bertz CT molecular complexity index is 399. The van der Waals surface area contributed by atoms with Gasteiger partial charge in [-0.15, -0.1) is 0 Å². The van der Waals surface area contributed by atoms with E-state index in [4.69, 9.17) is 9.47 Å². The second kappa shape index (κ2) is 8.96. The van der Waals surface area contributed by atoms with Gasteiger partial charge in [-0.1, -0.05) is 24.3 Å². The van der Waals surface area contributed by atoms with E-state index < -0.39 is 5.60 Å². The zero-order chi connectivity index (χ0) is 16.6. The summed E-state index contributed by atoms with van der Waals surface area (Å²) in [5.74, 6) is 0. The third-order valence-corrected chi connectivity index (χ3v) is 3.34. The number of ether oxygens (including phenoxy) is 2. The topological polar surface area (TPSA) is 50.8 Å². The summed E-state index contributed by atoms with van der Waals surface area (Å²) in [5, 5.41) is 3.21. The number of nitrogens with one attached hydrogen (secondary N) is 1. The largest absolute Gasteiger partial charge is 0.444 e. The second-order valence-electron chi connectivity index (χ2n) is 6.43. The lowest BCUT2D eigenvalue weighted by atomic mass is 10.1. The smallest absolute Gasteiger partial charge is 0.410 e. The molecule has 5 heteroatoms. The fourth-order valence-electron chi connectivity index (χ4n) is 2.07. The standard InChI is InChI=1S/C17H30N2O3/c1-6-19(16(20)22-17(2,3)4)12-14(18-5)13-21-15-10-8-7-9-11-15/h7-10,14-15,18H,6,11-13H2,1-5H3/t14-,15?/m0/s1. The van der Waals surface area contributed by atoms with E-state index in [-0.39, 0.29) is 18.2 Å². The van der Waals surface area contributed by atoms with E-state index in [0.29, 0.717) is 19.7 Å². The van der Waals surface area contributed by atoms with Crippen LogP contribution in [-0.2, 0) is 9.47 Å². The van der Waals surface area contributed by atoms with Gasteiger partial charge in [-0.2, -0.15) is 0 Å². The van der Waals surface area contributed by atoms with Crippen LogP contribution in [0.3, 0.4) is 0 Å². The van der Waals surface area contributed by atoms with Gasteiger partial charge in [0.25, 0.3) is 0 Å². The van der Waals surface area contributed by atoms with Crippen LogP contribution in [0, 0.1) is 0 Å². The summed E-state index contributed by atoms with van der Waals surface area (Å²) in [5.41, 5.74) is -0.477. The van der Waals surface area contributed by atoms with Crippen molar-refractivity contribution in [3.05, 3.63) is 24.3 Å². The molecule has 0 saturated carbocycles. The highest BCUT2D eigenvalue weighted by atomic mass is 16.6. The number of carbonyl (C=O) groups is 1. The number of hydrogen-bond donors (Lipinski definition) is 1. The highest BCUT2D eigenvalue weighted by Gasteiger charge is 2.23. The maximum absolute atomic E-state index is 12.2. The minimum absolute atomic E-state index is 0.0757. The van der Waals surface area contributed by atoms with Crippen molar-refractivity contribution in [2.75, 3.05) is 26.7 Å². The van der Waals surface area contributed by atoms with Crippen LogP contribution in [0.1, 0.15) is 34.1 Å². The summed E-state index contributed by atoms with van der Waals surface area (Å²) in [6.07, 6.45) is 8.92. The maximum Gasteiger partial charge on any atom is 0.410 e. The molecule has 0 aromatic carbocycles. The fourth-order valence-corrected chi connectivity index (χ4v) is 2.07.